The molecule has 0 radical (unpaired) electrons. The summed E-state index contributed by atoms with van der Waals surface area (Å²) in [4.78, 5) is 28.7. The van der Waals surface area contributed by atoms with Gasteiger partial charge in [0.25, 0.3) is 0 Å². The summed E-state index contributed by atoms with van der Waals surface area (Å²) < 4.78 is 8.48. The molecule has 7 rings (SSSR count). The number of ether oxygens (including phenoxy) is 1. The third-order valence-corrected chi connectivity index (χ3v) is 12.9. The van der Waals surface area contributed by atoms with Crippen LogP contribution in [0.1, 0.15) is 96.6 Å². The van der Waals surface area contributed by atoms with Crippen molar-refractivity contribution in [1.29, 1.82) is 0 Å². The summed E-state index contributed by atoms with van der Waals surface area (Å²) in [6.07, 6.45) is 8.11. The van der Waals surface area contributed by atoms with Gasteiger partial charge in [-0.15, -0.1) is 0 Å². The number of likely N-dealkylation sites (tertiary alicyclic amines) is 1. The number of amides is 1. The minimum Gasteiger partial charge on any atom is -0.494 e. The van der Waals surface area contributed by atoms with Crippen molar-refractivity contribution in [3.05, 3.63) is 97.8 Å². The second kappa shape index (κ2) is 16.6. The number of hydrogen-bond acceptors (Lipinski definition) is 7. The standard InChI is InChI=1S/C44H54Cl2N6O3/c1-27-20-33(21-28(2)42(27)46)55-19-9-10-35-36-13-14-38(45)41(40-30(4)48-51(31(40)5)18-17-50-15-7-8-16-50)44(36)52(29(3)23-47-26-54)43(35)37-24-49(6)39-22-32(25-53)11-12-34(37)39/h11-14,20-22,24-26,29-30,35,43,48H,7-10,15-19,23H2,1-6H3,(H,47,54)/t29-,30?,35?,43?/m1/s1. The molecule has 3 unspecified atom stereocenters. The van der Waals surface area contributed by atoms with Crippen molar-refractivity contribution in [2.24, 2.45) is 7.05 Å². The highest BCUT2D eigenvalue weighted by Gasteiger charge is 2.45. The van der Waals surface area contributed by atoms with E-state index in [4.69, 9.17) is 27.9 Å². The number of rotatable bonds is 15. The van der Waals surface area contributed by atoms with E-state index in [0.29, 0.717) is 23.7 Å². The van der Waals surface area contributed by atoms with E-state index in [1.54, 1.807) is 0 Å². The highest BCUT2D eigenvalue weighted by Crippen LogP contribution is 2.57. The SMILES string of the molecule is CC1=C(c2c(Cl)ccc3c2N([C@H](C)CNC=O)C(c2cn(C)c4cc(C=O)ccc24)C3CCCOc2cc(C)c(Cl)c(C)c2)C(C)NN1CCN1CCCC1. The lowest BCUT2D eigenvalue weighted by atomic mass is 9.85. The number of aromatic nitrogens is 1. The van der Waals surface area contributed by atoms with Gasteiger partial charge in [0, 0.05) is 88.7 Å². The molecule has 1 amide bonds. The fourth-order valence-corrected chi connectivity index (χ4v) is 9.73. The second-order valence-corrected chi connectivity index (χ2v) is 16.5. The zero-order valence-electron chi connectivity index (χ0n) is 32.9. The molecule has 0 aliphatic carbocycles. The van der Waals surface area contributed by atoms with Gasteiger partial charge in [-0.2, -0.15) is 0 Å². The van der Waals surface area contributed by atoms with Crippen molar-refractivity contribution in [2.75, 3.05) is 44.2 Å². The zero-order valence-corrected chi connectivity index (χ0v) is 34.4. The molecule has 3 aliphatic heterocycles. The number of hydrogen-bond donors (Lipinski definition) is 2. The van der Waals surface area contributed by atoms with E-state index in [1.807, 2.05) is 45.2 Å². The molecule has 1 aromatic heterocycles. The van der Waals surface area contributed by atoms with Crippen LogP contribution >= 0.6 is 23.2 Å². The van der Waals surface area contributed by atoms with Crippen LogP contribution in [-0.2, 0) is 11.8 Å². The highest BCUT2D eigenvalue weighted by molar-refractivity contribution is 6.33. The quantitative estimate of drug-likeness (QED) is 0.0924. The van der Waals surface area contributed by atoms with E-state index in [-0.39, 0.29) is 24.0 Å². The summed E-state index contributed by atoms with van der Waals surface area (Å²) in [6, 6.07) is 14.1. The molecule has 292 valence electrons. The van der Waals surface area contributed by atoms with Gasteiger partial charge in [-0.25, -0.2) is 5.43 Å². The molecular weight excluding hydrogens is 731 g/mol. The van der Waals surface area contributed by atoms with Crippen LogP contribution in [-0.4, -0.2) is 78.6 Å². The van der Waals surface area contributed by atoms with Crippen molar-refractivity contribution < 1.29 is 14.3 Å². The predicted octanol–water partition coefficient (Wildman–Crippen LogP) is 8.59. The third kappa shape index (κ3) is 7.61. The van der Waals surface area contributed by atoms with Crippen molar-refractivity contribution in [3.8, 4) is 5.75 Å². The average Bonchev–Trinajstić information content (AvgIpc) is 3.95. The van der Waals surface area contributed by atoms with Gasteiger partial charge in [-0.05, 0) is 114 Å². The molecule has 4 heterocycles. The van der Waals surface area contributed by atoms with Gasteiger partial charge in [0.05, 0.1) is 29.4 Å². The fourth-order valence-electron chi connectivity index (χ4n) is 9.37. The first-order chi connectivity index (χ1) is 26.5. The first-order valence-corrected chi connectivity index (χ1v) is 20.5. The molecule has 0 spiro atoms. The minimum absolute atomic E-state index is 0.0457. The lowest BCUT2D eigenvalue weighted by Gasteiger charge is -2.37. The molecule has 55 heavy (non-hydrogen) atoms. The maximum absolute atomic E-state index is 11.9. The normalized spacial score (nSPS) is 20.5. The minimum atomic E-state index is -0.0849. The van der Waals surface area contributed by atoms with Crippen LogP contribution in [0.3, 0.4) is 0 Å². The molecule has 9 nitrogen and oxygen atoms in total. The maximum Gasteiger partial charge on any atom is 0.207 e. The molecule has 2 N–H and O–H groups in total. The summed E-state index contributed by atoms with van der Waals surface area (Å²) >= 11 is 13.8. The van der Waals surface area contributed by atoms with E-state index in [0.717, 1.165) is 95.8 Å². The first-order valence-electron chi connectivity index (χ1n) is 19.7. The molecular formula is C44H54Cl2N6O3. The summed E-state index contributed by atoms with van der Waals surface area (Å²) in [5, 5.41) is 7.89. The Morgan fingerprint density at radius 3 is 2.45 bits per heavy atom. The number of halogens is 2. The number of carbonyl (C=O) groups excluding carboxylic acids is 2. The number of fused-ring (bicyclic) bond motifs is 2. The molecule has 11 heteroatoms. The van der Waals surface area contributed by atoms with Gasteiger partial charge in [0.2, 0.25) is 6.41 Å². The van der Waals surface area contributed by atoms with E-state index in [9.17, 15) is 9.59 Å². The molecule has 3 aliphatic rings. The first kappa shape index (κ1) is 39.2. The van der Waals surface area contributed by atoms with Gasteiger partial charge in [0.15, 0.2) is 0 Å². The lowest BCUT2D eigenvalue weighted by Crippen LogP contribution is -2.42. The van der Waals surface area contributed by atoms with Crippen LogP contribution in [0.15, 0.2) is 54.4 Å². The number of allylic oxidation sites excluding steroid dienone is 1. The van der Waals surface area contributed by atoms with Crippen molar-refractivity contribution in [1.82, 2.24) is 25.2 Å². The monoisotopic (exact) mass is 784 g/mol. The number of carbonyl (C=O) groups is 2. The molecule has 3 aromatic carbocycles. The topological polar surface area (TPSA) is 82.1 Å². The van der Waals surface area contributed by atoms with E-state index in [2.05, 4.69) is 75.3 Å². The van der Waals surface area contributed by atoms with Crippen LogP contribution in [0, 0.1) is 13.8 Å². The molecule has 0 saturated carbocycles. The Bertz CT molecular complexity index is 2080. The summed E-state index contributed by atoms with van der Waals surface area (Å²) in [5.41, 5.74) is 14.4. The Hall–Kier alpha value is -4.02. The number of nitrogens with one attached hydrogen (secondary N) is 2. The second-order valence-electron chi connectivity index (χ2n) is 15.7. The number of anilines is 1. The Balaban J connectivity index is 1.33. The van der Waals surface area contributed by atoms with Crippen LogP contribution in [0.5, 0.6) is 5.75 Å². The van der Waals surface area contributed by atoms with Gasteiger partial charge < -0.3 is 29.4 Å². The van der Waals surface area contributed by atoms with Crippen molar-refractivity contribution in [3.63, 3.8) is 0 Å². The molecule has 4 aromatic rings. The molecule has 0 bridgehead atoms. The van der Waals surface area contributed by atoms with Gasteiger partial charge in [-0.3, -0.25) is 9.59 Å². The Morgan fingerprint density at radius 1 is 1.00 bits per heavy atom. The smallest absolute Gasteiger partial charge is 0.207 e. The molecule has 4 atom stereocenters. The molecule has 1 fully saturated rings. The van der Waals surface area contributed by atoms with Crippen molar-refractivity contribution >= 4 is 58.1 Å². The van der Waals surface area contributed by atoms with E-state index in [1.165, 1.54) is 35.2 Å². The summed E-state index contributed by atoms with van der Waals surface area (Å²) in [5.74, 6) is 0.904. The highest BCUT2D eigenvalue weighted by atomic mass is 35.5. The van der Waals surface area contributed by atoms with E-state index < -0.39 is 0 Å². The number of aldehydes is 1. The van der Waals surface area contributed by atoms with Gasteiger partial charge in [-0.1, -0.05) is 41.4 Å². The molecule has 1 saturated heterocycles. The summed E-state index contributed by atoms with van der Waals surface area (Å²) in [6.45, 7) is 15.9. The fraction of sp³-hybridized carbons (Fsp3) is 0.455. The van der Waals surface area contributed by atoms with E-state index >= 15 is 0 Å². The van der Waals surface area contributed by atoms with Crippen LogP contribution < -0.4 is 20.4 Å². The largest absolute Gasteiger partial charge is 0.494 e. The number of aryl methyl sites for hydroxylation is 3. The van der Waals surface area contributed by atoms with Gasteiger partial charge in [0.1, 0.15) is 12.0 Å². The Kier molecular flexibility index (Phi) is 11.8. The van der Waals surface area contributed by atoms with Crippen molar-refractivity contribution in [2.45, 2.75) is 84.3 Å². The lowest BCUT2D eigenvalue weighted by molar-refractivity contribution is -0.109. The van der Waals surface area contributed by atoms with Crippen LogP contribution in [0.4, 0.5) is 5.69 Å². The maximum atomic E-state index is 11.9. The number of hydrazine groups is 1. The number of nitrogens with zero attached hydrogens (tertiary/aromatic N) is 4. The van der Waals surface area contributed by atoms with Crippen LogP contribution in [0.2, 0.25) is 10.0 Å². The average molecular weight is 786 g/mol. The zero-order chi connectivity index (χ0) is 39.0. The van der Waals surface area contributed by atoms with Crippen LogP contribution in [0.25, 0.3) is 16.5 Å². The Morgan fingerprint density at radius 2 is 1.75 bits per heavy atom. The summed E-state index contributed by atoms with van der Waals surface area (Å²) in [7, 11) is 2.04. The predicted molar refractivity (Wildman–Crippen MR) is 224 cm³/mol. The third-order valence-electron chi connectivity index (χ3n) is 12.0. The van der Waals surface area contributed by atoms with Gasteiger partial charge >= 0.3 is 0 Å². The number of benzene rings is 3. The Labute approximate surface area is 335 Å².